The summed E-state index contributed by atoms with van der Waals surface area (Å²) in [5.41, 5.74) is 8.84. The summed E-state index contributed by atoms with van der Waals surface area (Å²) in [4.78, 5) is 31.6. The molecule has 3 aromatic rings. The highest BCUT2D eigenvalue weighted by Gasteiger charge is 2.42. The van der Waals surface area contributed by atoms with Gasteiger partial charge < -0.3 is 11.1 Å². The molecule has 11 heteroatoms. The van der Waals surface area contributed by atoms with Gasteiger partial charge in [-0.15, -0.1) is 11.3 Å². The standard InChI is InChI=1S/C25H26ClN7O2S/c26-19-11-17(14-36-19)18-4-1-15(12-29-18)13-33-9-6-25(5-8-27,7-10-33)21-20(22(28)34)23(32-31-21)30-24(35)16-2-3-16/h1,4,11-12,14,16H,2-3,5-7,9-10,13H2,(H2,28,34)(H2,30,31,32,35). The molecular weight excluding hydrogens is 498 g/mol. The highest BCUT2D eigenvalue weighted by molar-refractivity contribution is 7.14. The molecule has 2 amide bonds. The molecule has 1 aliphatic heterocycles. The van der Waals surface area contributed by atoms with Gasteiger partial charge in [-0.3, -0.25) is 24.6 Å². The summed E-state index contributed by atoms with van der Waals surface area (Å²) in [5, 5.41) is 21.5. The Bertz CT molecular complexity index is 1310. The maximum atomic E-state index is 12.4. The number of pyridine rings is 1. The average Bonchev–Trinajstić information content (AvgIpc) is 3.50. The Hall–Kier alpha value is -3.26. The van der Waals surface area contributed by atoms with Gasteiger partial charge in [0, 0.05) is 41.4 Å². The number of anilines is 1. The van der Waals surface area contributed by atoms with Gasteiger partial charge in [-0.25, -0.2) is 0 Å². The summed E-state index contributed by atoms with van der Waals surface area (Å²) in [6.07, 6.45) is 5.08. The quantitative estimate of drug-likeness (QED) is 0.406. The fraction of sp³-hybridized carbons (Fsp3) is 0.400. The van der Waals surface area contributed by atoms with Gasteiger partial charge in [-0.2, -0.15) is 10.4 Å². The first-order valence-electron chi connectivity index (χ1n) is 11.9. The van der Waals surface area contributed by atoms with Gasteiger partial charge in [0.05, 0.1) is 21.8 Å². The Kier molecular flexibility index (Phi) is 6.79. The van der Waals surface area contributed by atoms with Crippen LogP contribution < -0.4 is 11.1 Å². The molecule has 1 aliphatic carbocycles. The molecule has 5 rings (SSSR count). The fourth-order valence-electron chi connectivity index (χ4n) is 4.82. The molecule has 3 aromatic heterocycles. The minimum absolute atomic E-state index is 0.0335. The second-order valence-corrected chi connectivity index (χ2v) is 11.1. The smallest absolute Gasteiger partial charge is 0.254 e. The van der Waals surface area contributed by atoms with E-state index in [2.05, 4.69) is 37.5 Å². The first kappa shape index (κ1) is 24.4. The summed E-state index contributed by atoms with van der Waals surface area (Å²) in [5.74, 6) is -0.690. The Morgan fingerprint density at radius 1 is 1.33 bits per heavy atom. The van der Waals surface area contributed by atoms with Crippen molar-refractivity contribution in [3.8, 4) is 17.3 Å². The van der Waals surface area contributed by atoms with Crippen LogP contribution in [0.4, 0.5) is 5.82 Å². The van der Waals surface area contributed by atoms with E-state index in [0.717, 1.165) is 53.6 Å². The number of H-pyrrole nitrogens is 1. The number of nitriles is 1. The Labute approximate surface area is 217 Å². The van der Waals surface area contributed by atoms with E-state index in [-0.39, 0.29) is 29.6 Å². The van der Waals surface area contributed by atoms with Gasteiger partial charge in [0.15, 0.2) is 5.82 Å². The number of halogens is 1. The van der Waals surface area contributed by atoms with E-state index in [0.29, 0.717) is 18.5 Å². The fourth-order valence-corrected chi connectivity index (χ4v) is 5.69. The highest BCUT2D eigenvalue weighted by atomic mass is 35.5. The zero-order chi connectivity index (χ0) is 25.3. The van der Waals surface area contributed by atoms with Gasteiger partial charge in [-0.05, 0) is 56.5 Å². The van der Waals surface area contributed by atoms with Gasteiger partial charge >= 0.3 is 0 Å². The molecule has 0 unspecified atom stereocenters. The Balaban J connectivity index is 1.29. The predicted molar refractivity (Wildman–Crippen MR) is 137 cm³/mol. The first-order chi connectivity index (χ1) is 17.4. The van der Waals surface area contributed by atoms with Crippen molar-refractivity contribution in [3.05, 3.63) is 50.9 Å². The molecular formula is C25H26ClN7O2S. The van der Waals surface area contributed by atoms with Gasteiger partial charge in [0.1, 0.15) is 5.56 Å². The molecule has 0 aromatic carbocycles. The molecule has 4 heterocycles. The predicted octanol–water partition coefficient (Wildman–Crippen LogP) is 4.08. The molecule has 4 N–H and O–H groups in total. The summed E-state index contributed by atoms with van der Waals surface area (Å²) < 4.78 is 0.735. The maximum absolute atomic E-state index is 12.4. The topological polar surface area (TPSA) is 141 Å². The lowest BCUT2D eigenvalue weighted by Gasteiger charge is -2.40. The van der Waals surface area contributed by atoms with Crippen molar-refractivity contribution < 1.29 is 9.59 Å². The van der Waals surface area contributed by atoms with E-state index in [9.17, 15) is 14.9 Å². The second-order valence-electron chi connectivity index (χ2n) is 9.53. The number of hydrogen-bond donors (Lipinski definition) is 3. The molecule has 186 valence electrons. The number of carbonyl (C=O) groups excluding carboxylic acids is 2. The van der Waals surface area contributed by atoms with Crippen molar-refractivity contribution in [2.75, 3.05) is 18.4 Å². The number of thiophene rings is 1. The van der Waals surface area contributed by atoms with Crippen LogP contribution in [0.15, 0.2) is 29.8 Å². The van der Waals surface area contributed by atoms with Gasteiger partial charge in [-0.1, -0.05) is 17.7 Å². The number of amides is 2. The van der Waals surface area contributed by atoms with Gasteiger partial charge in [0.25, 0.3) is 5.91 Å². The highest BCUT2D eigenvalue weighted by Crippen LogP contribution is 2.41. The summed E-state index contributed by atoms with van der Waals surface area (Å²) in [6.45, 7) is 2.18. The van der Waals surface area contributed by atoms with E-state index in [1.165, 1.54) is 11.3 Å². The molecule has 0 atom stereocenters. The SMILES string of the molecule is N#CCC1(c2[nH]nc(NC(=O)C3CC3)c2C(N)=O)CCN(Cc2ccc(-c3csc(Cl)c3)nc2)CC1. The van der Waals surface area contributed by atoms with Crippen LogP contribution in [0, 0.1) is 17.2 Å². The van der Waals surface area contributed by atoms with Crippen LogP contribution in [0.1, 0.15) is 53.7 Å². The van der Waals surface area contributed by atoms with E-state index in [4.69, 9.17) is 17.3 Å². The molecule has 2 aliphatic rings. The maximum Gasteiger partial charge on any atom is 0.254 e. The van der Waals surface area contributed by atoms with E-state index in [1.54, 1.807) is 0 Å². The van der Waals surface area contributed by atoms with Crippen molar-refractivity contribution >= 4 is 40.6 Å². The first-order valence-corrected chi connectivity index (χ1v) is 13.1. The number of aromatic amines is 1. The number of hydrogen-bond acceptors (Lipinski definition) is 7. The van der Waals surface area contributed by atoms with Crippen molar-refractivity contribution in [3.63, 3.8) is 0 Å². The third-order valence-corrected chi connectivity index (χ3v) is 8.15. The lowest BCUT2D eigenvalue weighted by molar-refractivity contribution is -0.117. The number of primary amides is 1. The number of nitrogens with one attached hydrogen (secondary N) is 2. The molecule has 36 heavy (non-hydrogen) atoms. The van der Waals surface area contributed by atoms with E-state index in [1.807, 2.05) is 23.7 Å². The average molecular weight is 524 g/mol. The van der Waals surface area contributed by atoms with Crippen molar-refractivity contribution in [1.29, 1.82) is 5.26 Å². The van der Waals surface area contributed by atoms with E-state index < -0.39 is 11.3 Å². The van der Waals surface area contributed by atoms with Crippen molar-refractivity contribution in [1.82, 2.24) is 20.1 Å². The lowest BCUT2D eigenvalue weighted by Crippen LogP contribution is -2.43. The number of piperidine rings is 1. The molecule has 0 spiro atoms. The molecule has 9 nitrogen and oxygen atoms in total. The number of likely N-dealkylation sites (tertiary alicyclic amines) is 1. The summed E-state index contributed by atoms with van der Waals surface area (Å²) in [6, 6.07) is 8.26. The third kappa shape index (κ3) is 5.00. The van der Waals surface area contributed by atoms with Crippen LogP contribution in [0.2, 0.25) is 4.34 Å². The molecule has 0 bridgehead atoms. The van der Waals surface area contributed by atoms with E-state index >= 15 is 0 Å². The molecule has 1 saturated heterocycles. The minimum atomic E-state index is -0.664. The number of nitrogens with two attached hydrogens (primary N) is 1. The van der Waals surface area contributed by atoms with Crippen LogP contribution in [0.3, 0.4) is 0 Å². The Morgan fingerprint density at radius 2 is 2.11 bits per heavy atom. The zero-order valence-corrected chi connectivity index (χ0v) is 21.2. The minimum Gasteiger partial charge on any atom is -0.365 e. The van der Waals surface area contributed by atoms with Crippen LogP contribution in [-0.2, 0) is 16.8 Å². The number of nitrogens with zero attached hydrogens (tertiary/aromatic N) is 4. The third-order valence-electron chi connectivity index (χ3n) is 7.06. The summed E-state index contributed by atoms with van der Waals surface area (Å²) in [7, 11) is 0. The molecule has 1 saturated carbocycles. The Morgan fingerprint density at radius 3 is 2.69 bits per heavy atom. The second kappa shape index (κ2) is 10.0. The van der Waals surface area contributed by atoms with Crippen LogP contribution in [-0.4, -0.2) is 45.0 Å². The monoisotopic (exact) mass is 523 g/mol. The number of rotatable bonds is 8. The zero-order valence-electron chi connectivity index (χ0n) is 19.6. The van der Waals surface area contributed by atoms with Gasteiger partial charge in [0.2, 0.25) is 5.91 Å². The molecule has 2 fully saturated rings. The number of carbonyl (C=O) groups is 2. The lowest BCUT2D eigenvalue weighted by atomic mass is 9.72. The van der Waals surface area contributed by atoms with Crippen molar-refractivity contribution in [2.24, 2.45) is 11.7 Å². The van der Waals surface area contributed by atoms with Crippen LogP contribution in [0.25, 0.3) is 11.3 Å². The number of aromatic nitrogens is 3. The van der Waals surface area contributed by atoms with Crippen LogP contribution in [0.5, 0.6) is 0 Å². The normalized spacial score (nSPS) is 17.4. The summed E-state index contributed by atoms with van der Waals surface area (Å²) >= 11 is 7.52. The molecule has 0 radical (unpaired) electrons. The largest absolute Gasteiger partial charge is 0.365 e. The van der Waals surface area contributed by atoms with Crippen molar-refractivity contribution in [2.45, 2.75) is 44.1 Å². The van der Waals surface area contributed by atoms with Crippen LogP contribution >= 0.6 is 22.9 Å².